The van der Waals surface area contributed by atoms with Gasteiger partial charge in [0.25, 0.3) is 0 Å². The van der Waals surface area contributed by atoms with Crippen LogP contribution in [0.25, 0.3) is 0 Å². The summed E-state index contributed by atoms with van der Waals surface area (Å²) in [5.41, 5.74) is 5.95. The van der Waals surface area contributed by atoms with Gasteiger partial charge in [-0.1, -0.05) is 0 Å². The number of likely N-dealkylation sites (tertiary alicyclic amines) is 1. The molecule has 1 fully saturated rings. The van der Waals surface area contributed by atoms with Crippen LogP contribution in [-0.4, -0.2) is 79.3 Å². The smallest absolute Gasteiger partial charge is 0.326 e. The average molecular weight is 409 g/mol. The minimum absolute atomic E-state index is 0.0258. The van der Waals surface area contributed by atoms with Gasteiger partial charge in [-0.15, -0.1) is 0 Å². The molecule has 1 aliphatic rings. The van der Waals surface area contributed by atoms with Gasteiger partial charge in [0.15, 0.2) is 5.78 Å². The van der Waals surface area contributed by atoms with Crippen molar-refractivity contribution in [2.75, 3.05) is 6.54 Å². The molecule has 6 N–H and O–H groups in total. The molecular formula is C17H23N5O7. The summed E-state index contributed by atoms with van der Waals surface area (Å²) < 4.78 is 0. The molecule has 0 aromatic carbocycles. The first-order chi connectivity index (χ1) is 13.6. The Bertz CT molecular complexity index is 792. The molecule has 0 aliphatic carbocycles. The monoisotopic (exact) mass is 409 g/mol. The van der Waals surface area contributed by atoms with Crippen molar-refractivity contribution in [1.82, 2.24) is 20.2 Å². The topological polar surface area (TPSA) is 196 Å². The van der Waals surface area contributed by atoms with Gasteiger partial charge in [0.05, 0.1) is 24.8 Å². The normalized spacial score (nSPS) is 19.4. The first-order valence-corrected chi connectivity index (χ1v) is 8.91. The molecule has 2 amide bonds. The predicted molar refractivity (Wildman–Crippen MR) is 96.4 cm³/mol. The number of carbonyl (C=O) groups is 5. The van der Waals surface area contributed by atoms with Crippen molar-refractivity contribution in [3.63, 3.8) is 0 Å². The fourth-order valence-electron chi connectivity index (χ4n) is 3.14. The maximum atomic E-state index is 12.8. The molecule has 4 atom stereocenters. The summed E-state index contributed by atoms with van der Waals surface area (Å²) in [6, 6.07) is -3.52. The maximum absolute atomic E-state index is 12.8. The molecule has 0 radical (unpaired) electrons. The number of nitrogens with zero attached hydrogens (tertiary/aromatic N) is 2. The second-order valence-electron chi connectivity index (χ2n) is 6.93. The van der Waals surface area contributed by atoms with Gasteiger partial charge in [-0.25, -0.2) is 9.78 Å². The molecule has 29 heavy (non-hydrogen) atoms. The number of Topliss-reactive ketones (excluding diaryl/α,β-unsaturated/α-hetero) is 1. The first-order valence-electron chi connectivity index (χ1n) is 8.91. The van der Waals surface area contributed by atoms with Crippen molar-refractivity contribution in [2.45, 2.75) is 44.3 Å². The van der Waals surface area contributed by atoms with Crippen LogP contribution in [0.3, 0.4) is 0 Å². The Kier molecular flexibility index (Phi) is 7.04. The molecule has 2 heterocycles. The van der Waals surface area contributed by atoms with Crippen LogP contribution < -0.4 is 11.1 Å². The maximum Gasteiger partial charge on any atom is 0.326 e. The van der Waals surface area contributed by atoms with Crippen LogP contribution in [0.1, 0.15) is 25.5 Å². The minimum Gasteiger partial charge on any atom is -0.481 e. The van der Waals surface area contributed by atoms with Crippen LogP contribution in [0, 0.1) is 5.92 Å². The molecule has 2 rings (SSSR count). The molecule has 1 saturated heterocycles. The van der Waals surface area contributed by atoms with E-state index in [2.05, 4.69) is 15.3 Å². The van der Waals surface area contributed by atoms with Crippen LogP contribution in [0.5, 0.6) is 0 Å². The van der Waals surface area contributed by atoms with Gasteiger partial charge in [0.1, 0.15) is 6.04 Å². The zero-order chi connectivity index (χ0) is 21.7. The summed E-state index contributed by atoms with van der Waals surface area (Å²) in [4.78, 5) is 67.4. The van der Waals surface area contributed by atoms with Gasteiger partial charge < -0.3 is 31.1 Å². The quantitative estimate of drug-likeness (QED) is 0.294. The largest absolute Gasteiger partial charge is 0.481 e. The van der Waals surface area contributed by atoms with E-state index < -0.39 is 60.0 Å². The fraction of sp³-hybridized carbons (Fsp3) is 0.529. The lowest BCUT2D eigenvalue weighted by Crippen LogP contribution is -2.50. The molecule has 0 unspecified atom stereocenters. The third-order valence-corrected chi connectivity index (χ3v) is 4.64. The Labute approximate surface area is 165 Å². The number of H-pyrrole nitrogens is 1. The number of amides is 2. The molecule has 0 bridgehead atoms. The number of carboxylic acid groups (broad SMARTS) is 2. The number of aromatic amines is 1. The van der Waals surface area contributed by atoms with Crippen LogP contribution in [0.4, 0.5) is 0 Å². The molecule has 1 aromatic heterocycles. The number of aromatic nitrogens is 2. The lowest BCUT2D eigenvalue weighted by Gasteiger charge is -2.25. The Morgan fingerprint density at radius 2 is 2.07 bits per heavy atom. The summed E-state index contributed by atoms with van der Waals surface area (Å²) in [5, 5.41) is 20.8. The van der Waals surface area contributed by atoms with Crippen LogP contribution in [0.15, 0.2) is 12.5 Å². The average Bonchev–Trinajstić information content (AvgIpc) is 3.27. The molecule has 1 aliphatic heterocycles. The van der Waals surface area contributed by atoms with E-state index in [1.54, 1.807) is 0 Å². The molecule has 158 valence electrons. The van der Waals surface area contributed by atoms with Crippen LogP contribution >= 0.6 is 0 Å². The van der Waals surface area contributed by atoms with E-state index in [9.17, 15) is 29.1 Å². The number of nitrogens with one attached hydrogen (secondary N) is 2. The Balaban J connectivity index is 2.14. The zero-order valence-electron chi connectivity index (χ0n) is 15.7. The van der Waals surface area contributed by atoms with Crippen molar-refractivity contribution in [2.24, 2.45) is 11.7 Å². The molecule has 0 spiro atoms. The highest BCUT2D eigenvalue weighted by molar-refractivity contribution is 5.98. The second-order valence-corrected chi connectivity index (χ2v) is 6.93. The summed E-state index contributed by atoms with van der Waals surface area (Å²) >= 11 is 0. The van der Waals surface area contributed by atoms with Gasteiger partial charge in [-0.3, -0.25) is 19.2 Å². The SMILES string of the molecule is C[C@H](N)C(=O)N[C@@H](CC(=O)O)C(=O)[C@H]1CC(=O)N([C@@H](Cc2cnc[nH]2)C(=O)O)C1. The second kappa shape index (κ2) is 9.28. The van der Waals surface area contributed by atoms with Crippen molar-refractivity contribution in [3.05, 3.63) is 18.2 Å². The molecule has 0 saturated carbocycles. The number of carboxylic acids is 2. The van der Waals surface area contributed by atoms with E-state index in [0.29, 0.717) is 5.69 Å². The van der Waals surface area contributed by atoms with Crippen LogP contribution in [0.2, 0.25) is 0 Å². The third kappa shape index (κ3) is 5.60. The number of ketones is 1. The molecule has 12 heteroatoms. The van der Waals surface area contributed by atoms with Gasteiger partial charge >= 0.3 is 11.9 Å². The lowest BCUT2D eigenvalue weighted by atomic mass is 9.94. The van der Waals surface area contributed by atoms with E-state index in [-0.39, 0.29) is 19.4 Å². The molecular weight excluding hydrogens is 386 g/mol. The number of imidazole rings is 1. The Morgan fingerprint density at radius 3 is 2.59 bits per heavy atom. The van der Waals surface area contributed by atoms with Crippen molar-refractivity contribution < 1.29 is 34.2 Å². The molecule has 1 aromatic rings. The summed E-state index contributed by atoms with van der Waals surface area (Å²) in [6.07, 6.45) is 1.85. The number of rotatable bonds is 10. The highest BCUT2D eigenvalue weighted by Crippen LogP contribution is 2.24. The van der Waals surface area contributed by atoms with E-state index in [1.807, 2.05) is 0 Å². The van der Waals surface area contributed by atoms with Crippen molar-refractivity contribution in [3.8, 4) is 0 Å². The summed E-state index contributed by atoms with van der Waals surface area (Å²) in [7, 11) is 0. The van der Waals surface area contributed by atoms with Gasteiger partial charge in [0.2, 0.25) is 11.8 Å². The predicted octanol–water partition coefficient (Wildman–Crippen LogP) is -1.87. The number of hydrogen-bond acceptors (Lipinski definition) is 7. The van der Waals surface area contributed by atoms with Gasteiger partial charge in [-0.05, 0) is 6.92 Å². The van der Waals surface area contributed by atoms with E-state index in [0.717, 1.165) is 4.90 Å². The number of aliphatic carboxylic acids is 2. The highest BCUT2D eigenvalue weighted by Gasteiger charge is 2.43. The number of hydrogen-bond donors (Lipinski definition) is 5. The van der Waals surface area contributed by atoms with Crippen molar-refractivity contribution in [1.29, 1.82) is 0 Å². The Morgan fingerprint density at radius 1 is 1.38 bits per heavy atom. The third-order valence-electron chi connectivity index (χ3n) is 4.64. The van der Waals surface area contributed by atoms with E-state index in [1.165, 1.54) is 19.4 Å². The van der Waals surface area contributed by atoms with Crippen molar-refractivity contribution >= 4 is 29.5 Å². The minimum atomic E-state index is -1.36. The number of nitrogens with two attached hydrogens (primary N) is 1. The standard InChI is InChI=1S/C17H23N5O7/c1-8(18)16(27)21-11(4-14(24)25)15(26)9-2-13(23)22(6-9)12(17(28)29)3-10-5-19-7-20-10/h5,7-9,11-12H,2-4,6,18H2,1H3,(H,19,20)(H,21,27)(H,24,25)(H,28,29)/t8-,9-,11-,12-/m0/s1. The lowest BCUT2D eigenvalue weighted by molar-refractivity contribution is -0.148. The highest BCUT2D eigenvalue weighted by atomic mass is 16.4. The van der Waals surface area contributed by atoms with Crippen LogP contribution in [-0.2, 0) is 30.4 Å². The zero-order valence-corrected chi connectivity index (χ0v) is 15.7. The van der Waals surface area contributed by atoms with Gasteiger partial charge in [0, 0.05) is 37.2 Å². The Hall–Kier alpha value is -3.28. The van der Waals surface area contributed by atoms with E-state index in [4.69, 9.17) is 10.8 Å². The first kappa shape index (κ1) is 22.0. The fourth-order valence-corrected chi connectivity index (χ4v) is 3.14. The summed E-state index contributed by atoms with van der Waals surface area (Å²) in [5.74, 6) is -5.38. The summed E-state index contributed by atoms with van der Waals surface area (Å²) in [6.45, 7) is 1.19. The number of carbonyl (C=O) groups excluding carboxylic acids is 3. The van der Waals surface area contributed by atoms with Gasteiger partial charge in [-0.2, -0.15) is 0 Å². The molecule has 12 nitrogen and oxygen atoms in total. The van der Waals surface area contributed by atoms with E-state index >= 15 is 0 Å².